The van der Waals surface area contributed by atoms with Crippen molar-refractivity contribution < 1.29 is 0 Å². The van der Waals surface area contributed by atoms with Crippen LogP contribution in [0.15, 0.2) is 0 Å². The molecular weight excluding hydrogens is 200 g/mol. The molecule has 0 aromatic carbocycles. The molecule has 0 aromatic heterocycles. The number of thioether (sulfide) groups is 1. The minimum Gasteiger partial charge on any atom is -0.304 e. The van der Waals surface area contributed by atoms with Crippen molar-refractivity contribution in [1.29, 1.82) is 0 Å². The van der Waals surface area contributed by atoms with Gasteiger partial charge in [0.15, 0.2) is 0 Å². The highest BCUT2D eigenvalue weighted by atomic mass is 32.3. The summed E-state index contributed by atoms with van der Waals surface area (Å²) in [5.41, 5.74) is 0. The standard InChI is InChI=1S/C9H22N2S2/c1-4-13(9-12-3)11-7-5-10(2)6-8-11/h13H,4-9H2,1-3H3. The number of hydrogen-bond acceptors (Lipinski definition) is 3. The first-order valence-corrected chi connectivity index (χ1v) is 8.01. The van der Waals surface area contributed by atoms with Gasteiger partial charge in [-0.05, 0) is 19.1 Å². The fourth-order valence-electron chi connectivity index (χ4n) is 1.60. The molecule has 0 saturated carbocycles. The molecule has 1 fully saturated rings. The average molecular weight is 222 g/mol. The number of piperazine rings is 1. The summed E-state index contributed by atoms with van der Waals surface area (Å²) in [7, 11) is 2.22. The molecule has 1 aliphatic rings. The lowest BCUT2D eigenvalue weighted by molar-refractivity contribution is 0.232. The van der Waals surface area contributed by atoms with Crippen molar-refractivity contribution in [3.63, 3.8) is 0 Å². The normalized spacial score (nSPS) is 24.7. The molecule has 2 nitrogen and oxygen atoms in total. The second kappa shape index (κ2) is 6.17. The summed E-state index contributed by atoms with van der Waals surface area (Å²) in [6.45, 7) is 7.42. The third kappa shape index (κ3) is 3.70. The summed E-state index contributed by atoms with van der Waals surface area (Å²) in [4.78, 5) is 2.43. The van der Waals surface area contributed by atoms with Crippen LogP contribution >= 0.6 is 22.8 Å². The predicted octanol–water partition coefficient (Wildman–Crippen LogP) is 1.49. The molecule has 1 unspecified atom stereocenters. The predicted molar refractivity (Wildman–Crippen MR) is 67.0 cm³/mol. The van der Waals surface area contributed by atoms with Gasteiger partial charge in [-0.25, -0.2) is 0 Å². The zero-order valence-electron chi connectivity index (χ0n) is 8.99. The Labute approximate surface area is 89.5 Å². The quantitative estimate of drug-likeness (QED) is 0.721. The van der Waals surface area contributed by atoms with E-state index in [0.717, 1.165) is 0 Å². The van der Waals surface area contributed by atoms with Crippen LogP contribution in [-0.4, -0.2) is 59.5 Å². The van der Waals surface area contributed by atoms with Crippen molar-refractivity contribution in [2.75, 3.05) is 50.3 Å². The lowest BCUT2D eigenvalue weighted by Gasteiger charge is -2.39. The molecular formula is C9H22N2S2. The van der Waals surface area contributed by atoms with Crippen molar-refractivity contribution in [2.45, 2.75) is 6.92 Å². The van der Waals surface area contributed by atoms with Gasteiger partial charge >= 0.3 is 0 Å². The molecule has 1 rings (SSSR count). The minimum atomic E-state index is 0.174. The van der Waals surface area contributed by atoms with E-state index in [0.29, 0.717) is 0 Å². The van der Waals surface area contributed by atoms with E-state index < -0.39 is 0 Å². The van der Waals surface area contributed by atoms with E-state index in [1.165, 1.54) is 37.0 Å². The summed E-state index contributed by atoms with van der Waals surface area (Å²) in [6, 6.07) is 0. The van der Waals surface area contributed by atoms with E-state index in [1.54, 1.807) is 0 Å². The smallest absolute Gasteiger partial charge is 0.0323 e. The first-order valence-electron chi connectivity index (χ1n) is 4.95. The Morgan fingerprint density at radius 3 is 2.31 bits per heavy atom. The molecule has 1 aliphatic heterocycles. The van der Waals surface area contributed by atoms with Gasteiger partial charge in [-0.2, -0.15) is 22.8 Å². The molecule has 1 atom stereocenters. The highest BCUT2D eigenvalue weighted by Crippen LogP contribution is 2.33. The summed E-state index contributed by atoms with van der Waals surface area (Å²) < 4.78 is 2.71. The van der Waals surface area contributed by atoms with Gasteiger partial charge in [0.2, 0.25) is 0 Å². The van der Waals surface area contributed by atoms with Crippen molar-refractivity contribution >= 4 is 22.8 Å². The number of thiol groups is 1. The maximum absolute atomic E-state index is 2.71. The van der Waals surface area contributed by atoms with Crippen molar-refractivity contribution in [1.82, 2.24) is 9.21 Å². The molecule has 0 bridgehead atoms. The highest BCUT2D eigenvalue weighted by molar-refractivity contribution is 8.24. The third-order valence-corrected chi connectivity index (χ3v) is 6.68. The second-order valence-electron chi connectivity index (χ2n) is 3.50. The maximum Gasteiger partial charge on any atom is 0.0323 e. The molecule has 13 heavy (non-hydrogen) atoms. The second-order valence-corrected chi connectivity index (χ2v) is 7.32. The molecule has 0 aromatic rings. The van der Waals surface area contributed by atoms with Crippen LogP contribution in [0.2, 0.25) is 0 Å². The van der Waals surface area contributed by atoms with E-state index in [1.807, 2.05) is 11.8 Å². The molecule has 0 radical (unpaired) electrons. The van der Waals surface area contributed by atoms with Crippen LogP contribution in [-0.2, 0) is 0 Å². The van der Waals surface area contributed by atoms with E-state index in [4.69, 9.17) is 0 Å². The first kappa shape index (κ1) is 11.7. The van der Waals surface area contributed by atoms with Crippen LogP contribution in [0.5, 0.6) is 0 Å². The van der Waals surface area contributed by atoms with Crippen molar-refractivity contribution in [3.05, 3.63) is 0 Å². The van der Waals surface area contributed by atoms with Crippen LogP contribution < -0.4 is 0 Å². The zero-order chi connectivity index (χ0) is 9.68. The molecule has 0 aliphatic carbocycles. The number of nitrogens with zero attached hydrogens (tertiary/aromatic N) is 2. The Bertz CT molecular complexity index is 136. The number of likely N-dealkylation sites (N-methyl/N-ethyl adjacent to an activating group) is 1. The topological polar surface area (TPSA) is 6.48 Å². The summed E-state index contributed by atoms with van der Waals surface area (Å²) in [5, 5.41) is 1.36. The van der Waals surface area contributed by atoms with Crippen LogP contribution in [0.1, 0.15) is 6.92 Å². The molecule has 1 heterocycles. The fourth-order valence-corrected chi connectivity index (χ4v) is 5.32. The van der Waals surface area contributed by atoms with Crippen molar-refractivity contribution in [3.8, 4) is 0 Å². The van der Waals surface area contributed by atoms with E-state index in [2.05, 4.69) is 29.4 Å². The molecule has 1 saturated heterocycles. The van der Waals surface area contributed by atoms with Crippen LogP contribution in [0.3, 0.4) is 0 Å². The molecule has 0 spiro atoms. The van der Waals surface area contributed by atoms with Crippen LogP contribution in [0.25, 0.3) is 0 Å². The molecule has 0 amide bonds. The fraction of sp³-hybridized carbons (Fsp3) is 1.00. The third-order valence-electron chi connectivity index (χ3n) is 2.52. The maximum atomic E-state index is 2.71. The Morgan fingerprint density at radius 1 is 1.23 bits per heavy atom. The van der Waals surface area contributed by atoms with Gasteiger partial charge in [-0.1, -0.05) is 6.92 Å². The van der Waals surface area contributed by atoms with Gasteiger partial charge in [0.1, 0.15) is 0 Å². The van der Waals surface area contributed by atoms with E-state index >= 15 is 0 Å². The minimum absolute atomic E-state index is 0.174. The SMILES string of the molecule is CC[SH](CSC)N1CCN(C)CC1. The van der Waals surface area contributed by atoms with Gasteiger partial charge in [-0.15, -0.1) is 0 Å². The Hall–Kier alpha value is 0.620. The van der Waals surface area contributed by atoms with Gasteiger partial charge < -0.3 is 4.90 Å². The van der Waals surface area contributed by atoms with Gasteiger partial charge in [0.25, 0.3) is 0 Å². The number of hydrogen-bond donors (Lipinski definition) is 1. The summed E-state index contributed by atoms with van der Waals surface area (Å²) in [5.74, 6) is 1.36. The highest BCUT2D eigenvalue weighted by Gasteiger charge is 2.17. The largest absolute Gasteiger partial charge is 0.304 e. The Balaban J connectivity index is 2.32. The van der Waals surface area contributed by atoms with E-state index in [9.17, 15) is 0 Å². The van der Waals surface area contributed by atoms with Crippen molar-refractivity contribution in [2.24, 2.45) is 0 Å². The van der Waals surface area contributed by atoms with Gasteiger partial charge in [-0.3, -0.25) is 4.31 Å². The number of rotatable bonds is 4. The molecule has 80 valence electrons. The summed E-state index contributed by atoms with van der Waals surface area (Å²) in [6.07, 6.45) is 2.22. The zero-order valence-corrected chi connectivity index (χ0v) is 10.7. The summed E-state index contributed by atoms with van der Waals surface area (Å²) >= 11 is 2.18. The lowest BCUT2D eigenvalue weighted by atomic mass is 10.4. The Kier molecular flexibility index (Phi) is 5.55. The Morgan fingerprint density at radius 2 is 1.85 bits per heavy atom. The molecule has 4 heteroatoms. The van der Waals surface area contributed by atoms with Gasteiger partial charge in [0, 0.05) is 31.3 Å². The van der Waals surface area contributed by atoms with Crippen LogP contribution in [0, 0.1) is 0 Å². The monoisotopic (exact) mass is 222 g/mol. The first-order chi connectivity index (χ1) is 6.27. The lowest BCUT2D eigenvalue weighted by Crippen LogP contribution is -2.43. The van der Waals surface area contributed by atoms with Crippen LogP contribution in [0.4, 0.5) is 0 Å². The molecule has 0 N–H and O–H groups in total. The van der Waals surface area contributed by atoms with E-state index in [-0.39, 0.29) is 11.1 Å². The average Bonchev–Trinajstić information content (AvgIpc) is 2.16. The van der Waals surface area contributed by atoms with Gasteiger partial charge in [0.05, 0.1) is 0 Å².